The highest BCUT2D eigenvalue weighted by Crippen LogP contribution is 1.92. The second kappa shape index (κ2) is 7.00. The van der Waals surface area contributed by atoms with Crippen LogP contribution in [-0.4, -0.2) is 17.9 Å². The summed E-state index contributed by atoms with van der Waals surface area (Å²) >= 11 is 4.10. The highest BCUT2D eigenvalue weighted by molar-refractivity contribution is 7.77. The van der Waals surface area contributed by atoms with Gasteiger partial charge >= 0.3 is 0 Å². The lowest BCUT2D eigenvalue weighted by atomic mass is 10.3. The first kappa shape index (κ1) is 11.3. The number of rotatable bonds is 5. The summed E-state index contributed by atoms with van der Waals surface area (Å²) in [5.74, 6) is 0. The molecule has 68 valence electrons. The van der Waals surface area contributed by atoms with Crippen molar-refractivity contribution in [2.24, 2.45) is 5.73 Å². The van der Waals surface area contributed by atoms with E-state index in [0.717, 1.165) is 13.0 Å². The fourth-order valence-electron chi connectivity index (χ4n) is 0.605. The number of nitrogens with two attached hydrogens (primary N) is 1. The van der Waals surface area contributed by atoms with Crippen LogP contribution in [0.25, 0.3) is 0 Å². The van der Waals surface area contributed by atoms with Crippen LogP contribution in [0.5, 0.6) is 0 Å². The molecule has 0 aliphatic heterocycles. The Balaban J connectivity index is 3.56. The molecule has 0 aliphatic rings. The van der Waals surface area contributed by atoms with E-state index in [1.54, 1.807) is 6.08 Å². The zero-order valence-corrected chi connectivity index (χ0v) is 8.30. The van der Waals surface area contributed by atoms with Crippen molar-refractivity contribution in [1.82, 2.24) is 4.31 Å². The fraction of sp³-hybridized carbons (Fsp3) is 0.333. The maximum atomic E-state index is 5.48. The first-order valence-corrected chi connectivity index (χ1v) is 4.21. The van der Waals surface area contributed by atoms with Gasteiger partial charge in [-0.1, -0.05) is 31.5 Å². The lowest BCUT2D eigenvalue weighted by Gasteiger charge is -2.03. The molecule has 0 radical (unpaired) electrons. The van der Waals surface area contributed by atoms with Gasteiger partial charge in [-0.2, -0.15) is 0 Å². The predicted octanol–water partition coefficient (Wildman–Crippen LogP) is 1.74. The molecule has 0 atom stereocenters. The van der Waals surface area contributed by atoms with Gasteiger partial charge in [0.2, 0.25) is 0 Å². The summed E-state index contributed by atoms with van der Waals surface area (Å²) in [4.78, 5) is 0. The summed E-state index contributed by atoms with van der Waals surface area (Å²) in [5.41, 5.74) is 6.17. The molecule has 0 aromatic rings. The minimum atomic E-state index is 0.686. The van der Waals surface area contributed by atoms with Crippen molar-refractivity contribution in [3.05, 3.63) is 36.6 Å². The standard InChI is InChI=1S/C9H16N2S/c1-3-9(10)7-5-4-6-8-11(2)12/h3-5,7,12H,1,6,8,10H2,2H3/b5-4+,9-7+. The minimum Gasteiger partial charge on any atom is -0.399 e. The Hall–Kier alpha value is -0.670. The van der Waals surface area contributed by atoms with Crippen LogP contribution in [0.15, 0.2) is 36.6 Å². The van der Waals surface area contributed by atoms with Gasteiger partial charge in [0.25, 0.3) is 0 Å². The first-order valence-electron chi connectivity index (χ1n) is 3.81. The molecule has 0 saturated carbocycles. The van der Waals surface area contributed by atoms with Gasteiger partial charge in [-0.25, -0.2) is 0 Å². The predicted molar refractivity (Wildman–Crippen MR) is 57.8 cm³/mol. The smallest absolute Gasteiger partial charge is 0.0307 e. The third-order valence-electron chi connectivity index (χ3n) is 1.28. The molecule has 0 aromatic carbocycles. The van der Waals surface area contributed by atoms with E-state index >= 15 is 0 Å². The number of thiol groups is 1. The van der Waals surface area contributed by atoms with E-state index in [4.69, 9.17) is 5.73 Å². The molecular formula is C9H16N2S. The van der Waals surface area contributed by atoms with E-state index in [9.17, 15) is 0 Å². The number of hydrogen-bond acceptors (Lipinski definition) is 3. The van der Waals surface area contributed by atoms with Crippen LogP contribution in [0.3, 0.4) is 0 Å². The maximum absolute atomic E-state index is 5.48. The van der Waals surface area contributed by atoms with Crippen molar-refractivity contribution < 1.29 is 0 Å². The topological polar surface area (TPSA) is 29.3 Å². The van der Waals surface area contributed by atoms with Gasteiger partial charge < -0.3 is 5.73 Å². The maximum Gasteiger partial charge on any atom is 0.0307 e. The summed E-state index contributed by atoms with van der Waals surface area (Å²) in [6.45, 7) is 4.47. The molecule has 3 heteroatoms. The van der Waals surface area contributed by atoms with E-state index in [-0.39, 0.29) is 0 Å². The average molecular weight is 184 g/mol. The third-order valence-corrected chi connectivity index (χ3v) is 1.48. The van der Waals surface area contributed by atoms with E-state index in [0.29, 0.717) is 5.70 Å². The molecule has 0 bridgehead atoms. The molecule has 2 N–H and O–H groups in total. The van der Waals surface area contributed by atoms with Crippen molar-refractivity contribution in [1.29, 1.82) is 0 Å². The van der Waals surface area contributed by atoms with Gasteiger partial charge in [-0.05, 0) is 25.6 Å². The molecule has 0 saturated heterocycles. The molecule has 0 heterocycles. The molecule has 0 amide bonds. The highest BCUT2D eigenvalue weighted by Gasteiger charge is 1.84. The third kappa shape index (κ3) is 7.44. The summed E-state index contributed by atoms with van der Waals surface area (Å²) in [6, 6.07) is 0. The summed E-state index contributed by atoms with van der Waals surface area (Å²) in [5, 5.41) is 0. The largest absolute Gasteiger partial charge is 0.399 e. The van der Waals surface area contributed by atoms with Gasteiger partial charge in [0.15, 0.2) is 0 Å². The molecular weight excluding hydrogens is 168 g/mol. The zero-order valence-electron chi connectivity index (χ0n) is 7.40. The summed E-state index contributed by atoms with van der Waals surface area (Å²) in [7, 11) is 1.92. The van der Waals surface area contributed by atoms with Crippen LogP contribution in [0.2, 0.25) is 0 Å². The Kier molecular flexibility index (Phi) is 6.61. The fourth-order valence-corrected chi connectivity index (χ4v) is 0.720. The molecule has 0 aromatic heterocycles. The molecule has 0 unspecified atom stereocenters. The SMILES string of the molecule is C=C/C(N)=C\C=C\CCN(C)S. The molecule has 2 nitrogen and oxygen atoms in total. The van der Waals surface area contributed by atoms with Crippen molar-refractivity contribution >= 4 is 12.8 Å². The van der Waals surface area contributed by atoms with Crippen molar-refractivity contribution in [2.75, 3.05) is 13.6 Å². The van der Waals surface area contributed by atoms with Crippen LogP contribution in [0.1, 0.15) is 6.42 Å². The monoisotopic (exact) mass is 184 g/mol. The summed E-state index contributed by atoms with van der Waals surface area (Å²) < 4.78 is 1.84. The Morgan fingerprint density at radius 2 is 2.33 bits per heavy atom. The molecule has 0 spiro atoms. The van der Waals surface area contributed by atoms with Gasteiger partial charge in [-0.3, -0.25) is 4.31 Å². The Morgan fingerprint density at radius 1 is 1.67 bits per heavy atom. The van der Waals surface area contributed by atoms with Gasteiger partial charge in [-0.15, -0.1) is 0 Å². The van der Waals surface area contributed by atoms with Gasteiger partial charge in [0.1, 0.15) is 0 Å². The Morgan fingerprint density at radius 3 is 2.83 bits per heavy atom. The lowest BCUT2D eigenvalue weighted by molar-refractivity contribution is 0.582. The second-order valence-electron chi connectivity index (χ2n) is 2.47. The normalized spacial score (nSPS) is 12.8. The minimum absolute atomic E-state index is 0.686. The van der Waals surface area contributed by atoms with Gasteiger partial charge in [0, 0.05) is 12.2 Å². The van der Waals surface area contributed by atoms with Crippen molar-refractivity contribution in [3.63, 3.8) is 0 Å². The van der Waals surface area contributed by atoms with Crippen molar-refractivity contribution in [3.8, 4) is 0 Å². The highest BCUT2D eigenvalue weighted by atomic mass is 32.1. The quantitative estimate of drug-likeness (QED) is 0.503. The molecule has 0 fully saturated rings. The van der Waals surface area contributed by atoms with E-state index in [1.807, 2.05) is 29.6 Å². The van der Waals surface area contributed by atoms with Crippen molar-refractivity contribution in [2.45, 2.75) is 6.42 Å². The van der Waals surface area contributed by atoms with Crippen LogP contribution in [0.4, 0.5) is 0 Å². The van der Waals surface area contributed by atoms with Gasteiger partial charge in [0.05, 0.1) is 0 Å². The zero-order chi connectivity index (χ0) is 9.40. The molecule has 0 aliphatic carbocycles. The number of nitrogens with zero attached hydrogens (tertiary/aromatic N) is 1. The lowest BCUT2D eigenvalue weighted by Crippen LogP contribution is -2.04. The number of allylic oxidation sites excluding steroid dienone is 3. The number of hydrogen-bond donors (Lipinski definition) is 2. The second-order valence-corrected chi connectivity index (χ2v) is 3.15. The van der Waals surface area contributed by atoms with E-state index in [2.05, 4.69) is 19.4 Å². The van der Waals surface area contributed by atoms with Crippen LogP contribution in [0, 0.1) is 0 Å². The molecule has 12 heavy (non-hydrogen) atoms. The van der Waals surface area contributed by atoms with Crippen LogP contribution >= 0.6 is 12.8 Å². The Labute approximate surface area is 80.0 Å². The van der Waals surface area contributed by atoms with E-state index in [1.165, 1.54) is 0 Å². The van der Waals surface area contributed by atoms with Crippen LogP contribution < -0.4 is 5.73 Å². The van der Waals surface area contributed by atoms with E-state index < -0.39 is 0 Å². The summed E-state index contributed by atoms with van der Waals surface area (Å²) in [6.07, 6.45) is 8.39. The Bertz CT molecular complexity index is 183. The average Bonchev–Trinajstić information content (AvgIpc) is 2.03. The first-order chi connectivity index (χ1) is 5.66. The molecule has 0 rings (SSSR count). The van der Waals surface area contributed by atoms with Crippen LogP contribution in [-0.2, 0) is 0 Å².